The Balaban J connectivity index is 1.56. The van der Waals surface area contributed by atoms with Crippen molar-refractivity contribution in [3.63, 3.8) is 0 Å². The smallest absolute Gasteiger partial charge is 0.408 e. The molecule has 0 aliphatic heterocycles. The van der Waals surface area contributed by atoms with E-state index < -0.39 is 23.3 Å². The Morgan fingerprint density at radius 3 is 2.24 bits per heavy atom. The van der Waals surface area contributed by atoms with Gasteiger partial charge < -0.3 is 29.1 Å². The first kappa shape index (κ1) is 38.8. The van der Waals surface area contributed by atoms with E-state index in [2.05, 4.69) is 21.5 Å². The van der Waals surface area contributed by atoms with Gasteiger partial charge in [-0.05, 0) is 82.4 Å². The number of aromatic nitrogens is 2. The van der Waals surface area contributed by atoms with E-state index in [9.17, 15) is 14.4 Å². The molecule has 1 N–H and O–H groups in total. The van der Waals surface area contributed by atoms with Crippen molar-refractivity contribution in [3.8, 4) is 0 Å². The summed E-state index contributed by atoms with van der Waals surface area (Å²) in [5.41, 5.74) is 0.659. The molecule has 0 saturated carbocycles. The van der Waals surface area contributed by atoms with Gasteiger partial charge in [0.25, 0.3) is 5.89 Å². The molecule has 4 rings (SSSR count). The summed E-state index contributed by atoms with van der Waals surface area (Å²) in [5.74, 6) is 0.314. The van der Waals surface area contributed by atoms with Crippen LogP contribution in [-0.4, -0.2) is 81.8 Å². The normalized spacial score (nSPS) is 13.2. The zero-order chi connectivity index (χ0) is 37.2. The molecule has 0 aliphatic carbocycles. The number of rotatable bonds is 15. The Morgan fingerprint density at radius 1 is 0.882 bits per heavy atom. The van der Waals surface area contributed by atoms with Crippen molar-refractivity contribution >= 4 is 28.7 Å². The van der Waals surface area contributed by atoms with E-state index in [0.29, 0.717) is 31.0 Å². The van der Waals surface area contributed by atoms with Gasteiger partial charge in [0.05, 0.1) is 12.6 Å². The number of likely N-dealkylation sites (N-methyl/N-ethyl adjacent to an activating group) is 2. The number of fused-ring (bicyclic) bond motifs is 1. The second kappa shape index (κ2) is 17.3. The maximum absolute atomic E-state index is 14.5. The van der Waals surface area contributed by atoms with Crippen molar-refractivity contribution in [2.24, 2.45) is 0 Å². The number of ether oxygens (including phenoxy) is 2. The van der Waals surface area contributed by atoms with Crippen LogP contribution in [0.3, 0.4) is 0 Å². The van der Waals surface area contributed by atoms with Crippen molar-refractivity contribution in [2.75, 3.05) is 20.7 Å². The number of benzene rings is 3. The van der Waals surface area contributed by atoms with Gasteiger partial charge >= 0.3 is 6.09 Å². The molecule has 0 fully saturated rings. The molecular weight excluding hydrogens is 646 g/mol. The summed E-state index contributed by atoms with van der Waals surface area (Å²) in [6.45, 7) is 11.2. The topological polar surface area (TPSA) is 127 Å². The molecule has 2 atom stereocenters. The molecule has 11 heteroatoms. The molecule has 0 aliphatic rings. The minimum atomic E-state index is -0.821. The Morgan fingerprint density at radius 2 is 1.57 bits per heavy atom. The molecular formula is C40H51N5O6. The fourth-order valence-corrected chi connectivity index (χ4v) is 5.63. The summed E-state index contributed by atoms with van der Waals surface area (Å²) in [6.07, 6.45) is 3.83. The van der Waals surface area contributed by atoms with Crippen LogP contribution in [0.2, 0.25) is 0 Å². The highest BCUT2D eigenvalue weighted by Gasteiger charge is 2.32. The van der Waals surface area contributed by atoms with Gasteiger partial charge in [-0.15, -0.1) is 0 Å². The first-order valence-corrected chi connectivity index (χ1v) is 17.2. The summed E-state index contributed by atoms with van der Waals surface area (Å²) in [7, 11) is 3.40. The van der Waals surface area contributed by atoms with Gasteiger partial charge in [-0.3, -0.25) is 9.59 Å². The van der Waals surface area contributed by atoms with Gasteiger partial charge in [-0.25, -0.2) is 4.79 Å². The second-order valence-electron chi connectivity index (χ2n) is 14.5. The maximum Gasteiger partial charge on any atom is 0.408 e. The van der Waals surface area contributed by atoms with Crippen LogP contribution in [0.1, 0.15) is 63.9 Å². The first-order valence-electron chi connectivity index (χ1n) is 17.2. The largest absolute Gasteiger partial charge is 0.444 e. The fourth-order valence-electron chi connectivity index (χ4n) is 5.63. The highest BCUT2D eigenvalue weighted by molar-refractivity contribution is 5.93. The van der Waals surface area contributed by atoms with E-state index >= 15 is 0 Å². The molecule has 51 heavy (non-hydrogen) atoms. The predicted octanol–water partition coefficient (Wildman–Crippen LogP) is 6.44. The Bertz CT molecular complexity index is 1800. The minimum absolute atomic E-state index is 0.108. The molecule has 3 aromatic carbocycles. The lowest BCUT2D eigenvalue weighted by Crippen LogP contribution is -2.53. The lowest BCUT2D eigenvalue weighted by molar-refractivity contribution is -0.144. The van der Waals surface area contributed by atoms with Crippen LogP contribution < -0.4 is 5.32 Å². The fraction of sp³-hybridized carbons (Fsp3) is 0.425. The van der Waals surface area contributed by atoms with E-state index in [0.717, 1.165) is 21.9 Å². The number of hydrogen-bond donors (Lipinski definition) is 1. The highest BCUT2D eigenvalue weighted by Crippen LogP contribution is 2.21. The Hall–Kier alpha value is -5.03. The Labute approximate surface area is 301 Å². The van der Waals surface area contributed by atoms with Crippen LogP contribution in [0.25, 0.3) is 10.8 Å². The number of nitrogens with zero attached hydrogens (tertiary/aromatic N) is 4. The summed E-state index contributed by atoms with van der Waals surface area (Å²) in [4.78, 5) is 48.0. The van der Waals surface area contributed by atoms with Gasteiger partial charge in [0.15, 0.2) is 5.82 Å². The quantitative estimate of drug-likeness (QED) is 0.141. The monoisotopic (exact) mass is 697 g/mol. The SMILES string of the molecule is Cc1noc(COC[C@@H](Cc2ccccc2)N(C)C(=O)[C@@H](Cc2ccc3ccccc3c2)N(C)C(=O)/C=C/CC(C)(C)NC(=O)OC(C)(C)C)n1. The second-order valence-corrected chi connectivity index (χ2v) is 14.5. The molecule has 0 radical (unpaired) electrons. The van der Waals surface area contributed by atoms with Crippen LogP contribution in [0, 0.1) is 6.92 Å². The number of hydrogen-bond acceptors (Lipinski definition) is 8. The third-order valence-electron chi connectivity index (χ3n) is 8.39. The third kappa shape index (κ3) is 12.1. The van der Waals surface area contributed by atoms with Crippen molar-refractivity contribution < 1.29 is 28.4 Å². The molecule has 1 heterocycles. The summed E-state index contributed by atoms with van der Waals surface area (Å²) in [5, 5.41) is 8.82. The molecule has 4 aromatic rings. The molecule has 1 aromatic heterocycles. The van der Waals surface area contributed by atoms with Gasteiger partial charge in [-0.1, -0.05) is 84.0 Å². The molecule has 3 amide bonds. The van der Waals surface area contributed by atoms with E-state index in [4.69, 9.17) is 14.0 Å². The third-order valence-corrected chi connectivity index (χ3v) is 8.39. The molecule has 11 nitrogen and oxygen atoms in total. The van der Waals surface area contributed by atoms with Gasteiger partial charge in [0, 0.05) is 26.1 Å². The van der Waals surface area contributed by atoms with Crippen LogP contribution in [0.15, 0.2) is 89.5 Å². The predicted molar refractivity (Wildman–Crippen MR) is 197 cm³/mol. The maximum atomic E-state index is 14.5. The van der Waals surface area contributed by atoms with E-state index in [1.54, 1.807) is 52.8 Å². The van der Waals surface area contributed by atoms with E-state index in [1.807, 2.05) is 80.6 Å². The average Bonchev–Trinajstić information content (AvgIpc) is 3.49. The molecule has 0 spiro atoms. The van der Waals surface area contributed by atoms with Crippen LogP contribution in [0.5, 0.6) is 0 Å². The van der Waals surface area contributed by atoms with Crippen molar-refractivity contribution in [3.05, 3.63) is 108 Å². The summed E-state index contributed by atoms with van der Waals surface area (Å²) >= 11 is 0. The Kier molecular flexibility index (Phi) is 13.1. The van der Waals surface area contributed by atoms with Crippen molar-refractivity contribution in [1.82, 2.24) is 25.3 Å². The molecule has 0 saturated heterocycles. The van der Waals surface area contributed by atoms with Gasteiger partial charge in [0.2, 0.25) is 11.8 Å². The minimum Gasteiger partial charge on any atom is -0.444 e. The zero-order valence-corrected chi connectivity index (χ0v) is 31.0. The lowest BCUT2D eigenvalue weighted by Gasteiger charge is -2.35. The summed E-state index contributed by atoms with van der Waals surface area (Å²) < 4.78 is 16.6. The average molecular weight is 698 g/mol. The summed E-state index contributed by atoms with van der Waals surface area (Å²) in [6, 6.07) is 22.8. The lowest BCUT2D eigenvalue weighted by atomic mass is 9.98. The highest BCUT2D eigenvalue weighted by atomic mass is 16.6. The van der Waals surface area contributed by atoms with Crippen molar-refractivity contribution in [1.29, 1.82) is 0 Å². The first-order chi connectivity index (χ1) is 24.1. The number of carbonyl (C=O) groups excluding carboxylic acids is 3. The standard InChI is InChI=1S/C40H51N5O6/c1-28-41-35(51-43-28)27-49-26-33(24-29-15-10-9-11-16-29)44(7)37(47)34(25-30-20-21-31-17-12-13-18-32(31)23-30)45(8)36(46)19-14-22-40(5,6)42-38(48)50-39(2,3)4/h9-21,23,33-34H,22,24-27H2,1-8H3,(H,42,48)/b19-14+/t33-,34-/m1/s1. The molecule has 272 valence electrons. The van der Waals surface area contributed by atoms with Crippen LogP contribution >= 0.6 is 0 Å². The van der Waals surface area contributed by atoms with Crippen LogP contribution in [0.4, 0.5) is 4.79 Å². The number of carbonyl (C=O) groups is 3. The number of aryl methyl sites for hydroxylation is 1. The van der Waals surface area contributed by atoms with Crippen molar-refractivity contribution in [2.45, 2.75) is 90.6 Å². The zero-order valence-electron chi connectivity index (χ0n) is 31.0. The van der Waals surface area contributed by atoms with Gasteiger partial charge in [-0.2, -0.15) is 4.98 Å². The van der Waals surface area contributed by atoms with E-state index in [-0.39, 0.29) is 31.1 Å². The molecule has 0 unspecified atom stereocenters. The molecule has 0 bridgehead atoms. The number of amides is 3. The van der Waals surface area contributed by atoms with Crippen LogP contribution in [-0.2, 0) is 38.5 Å². The number of nitrogens with one attached hydrogen (secondary N) is 1. The number of alkyl carbamates (subject to hydrolysis) is 1. The van der Waals surface area contributed by atoms with E-state index in [1.165, 1.54) is 11.0 Å². The van der Waals surface area contributed by atoms with Gasteiger partial charge in [0.1, 0.15) is 18.2 Å².